The van der Waals surface area contributed by atoms with Crippen molar-refractivity contribution in [2.75, 3.05) is 5.73 Å². The lowest BCUT2D eigenvalue weighted by Gasteiger charge is -1.97. The highest BCUT2D eigenvalue weighted by molar-refractivity contribution is 7.98. The minimum Gasteiger partial charge on any atom is -0.368 e. The molecule has 0 saturated carbocycles. The smallest absolute Gasteiger partial charge is 0.222 e. The summed E-state index contributed by atoms with van der Waals surface area (Å²) in [6, 6.07) is 0. The molecule has 2 rings (SSSR count). The van der Waals surface area contributed by atoms with Crippen molar-refractivity contribution >= 4 is 17.7 Å². The number of aryl methyl sites for hydroxylation is 1. The molecule has 9 heteroatoms. The topological polar surface area (TPSA) is 100 Å². The normalized spacial score (nSPS) is 10.8. The molecule has 2 N–H and O–H groups in total. The Hall–Kier alpha value is -1.64. The van der Waals surface area contributed by atoms with Gasteiger partial charge in [-0.2, -0.15) is 4.80 Å². The Kier molecular flexibility index (Phi) is 2.54. The van der Waals surface area contributed by atoms with Crippen molar-refractivity contribution in [3.8, 4) is 0 Å². The molecule has 0 aliphatic heterocycles. The van der Waals surface area contributed by atoms with E-state index in [1.807, 2.05) is 7.05 Å². The van der Waals surface area contributed by atoms with Crippen molar-refractivity contribution in [3.05, 3.63) is 5.82 Å². The first-order chi connectivity index (χ1) is 7.16. The Morgan fingerprint density at radius 1 is 1.27 bits per heavy atom. The third-order valence-corrected chi connectivity index (χ3v) is 2.76. The van der Waals surface area contributed by atoms with Gasteiger partial charge >= 0.3 is 0 Å². The molecule has 2 aromatic rings. The average Bonchev–Trinajstić information content (AvgIpc) is 2.74. The summed E-state index contributed by atoms with van der Waals surface area (Å²) in [7, 11) is 3.53. The van der Waals surface area contributed by atoms with Gasteiger partial charge in [0.2, 0.25) is 5.95 Å². The molecule has 80 valence electrons. The third-order valence-electron chi connectivity index (χ3n) is 1.75. The summed E-state index contributed by atoms with van der Waals surface area (Å²) in [5, 5.41) is 20.0. The van der Waals surface area contributed by atoms with Crippen LogP contribution in [0.1, 0.15) is 5.82 Å². The largest absolute Gasteiger partial charge is 0.368 e. The van der Waals surface area contributed by atoms with Crippen LogP contribution < -0.4 is 5.73 Å². The van der Waals surface area contributed by atoms with Crippen LogP contribution in [0, 0.1) is 0 Å². The summed E-state index contributed by atoms with van der Waals surface area (Å²) in [6.07, 6.45) is 0. The lowest BCUT2D eigenvalue weighted by molar-refractivity contribution is 0.628. The van der Waals surface area contributed by atoms with Crippen LogP contribution in [0.3, 0.4) is 0 Å². The fraction of sp³-hybridized carbons (Fsp3) is 0.500. The summed E-state index contributed by atoms with van der Waals surface area (Å²) in [6.45, 7) is 0. The lowest BCUT2D eigenvalue weighted by atomic mass is 10.8. The van der Waals surface area contributed by atoms with E-state index in [0.717, 1.165) is 5.16 Å². The van der Waals surface area contributed by atoms with E-state index in [2.05, 4.69) is 25.6 Å². The molecule has 0 unspecified atom stereocenters. The molecule has 8 nitrogen and oxygen atoms in total. The molecule has 0 amide bonds. The highest BCUT2D eigenvalue weighted by Crippen LogP contribution is 2.19. The van der Waals surface area contributed by atoms with Crippen molar-refractivity contribution in [1.29, 1.82) is 0 Å². The van der Waals surface area contributed by atoms with Crippen LogP contribution in [0.15, 0.2) is 5.16 Å². The number of anilines is 1. The number of aromatic nitrogens is 7. The zero-order valence-corrected chi connectivity index (χ0v) is 9.14. The van der Waals surface area contributed by atoms with Gasteiger partial charge in [0.1, 0.15) is 0 Å². The Morgan fingerprint density at radius 2 is 2.07 bits per heavy atom. The predicted molar refractivity (Wildman–Crippen MR) is 53.8 cm³/mol. The third kappa shape index (κ3) is 2.06. The highest BCUT2D eigenvalue weighted by atomic mass is 32.2. The van der Waals surface area contributed by atoms with Crippen molar-refractivity contribution in [1.82, 2.24) is 35.0 Å². The van der Waals surface area contributed by atoms with Crippen molar-refractivity contribution in [3.63, 3.8) is 0 Å². The van der Waals surface area contributed by atoms with Gasteiger partial charge in [-0.3, -0.25) is 4.57 Å². The summed E-state index contributed by atoms with van der Waals surface area (Å²) in [4.78, 5) is 1.42. The minimum absolute atomic E-state index is 0.393. The van der Waals surface area contributed by atoms with Gasteiger partial charge in [-0.25, -0.2) is 0 Å². The molecule has 0 fully saturated rings. The summed E-state index contributed by atoms with van der Waals surface area (Å²) in [5.41, 5.74) is 5.54. The van der Waals surface area contributed by atoms with E-state index in [0.29, 0.717) is 17.5 Å². The molecule has 0 aromatic carbocycles. The van der Waals surface area contributed by atoms with Gasteiger partial charge in [-0.1, -0.05) is 11.8 Å². The van der Waals surface area contributed by atoms with Crippen LogP contribution in [0.5, 0.6) is 0 Å². The van der Waals surface area contributed by atoms with Crippen LogP contribution in [-0.4, -0.2) is 35.0 Å². The van der Waals surface area contributed by atoms with Gasteiger partial charge in [0.25, 0.3) is 0 Å². The molecular weight excluding hydrogens is 216 g/mol. The number of nitrogen functional groups attached to an aromatic ring is 1. The number of rotatable bonds is 3. The van der Waals surface area contributed by atoms with Gasteiger partial charge in [0.05, 0.1) is 12.8 Å². The van der Waals surface area contributed by atoms with Crippen LogP contribution in [0.2, 0.25) is 0 Å². The summed E-state index contributed by atoms with van der Waals surface area (Å²) < 4.78 is 1.71. The fourth-order valence-electron chi connectivity index (χ4n) is 0.962. The number of hydrogen-bond acceptors (Lipinski definition) is 7. The fourth-order valence-corrected chi connectivity index (χ4v) is 1.72. The summed E-state index contributed by atoms with van der Waals surface area (Å²) in [5.74, 6) is 1.65. The minimum atomic E-state index is 0.393. The van der Waals surface area contributed by atoms with Gasteiger partial charge in [-0.15, -0.1) is 20.4 Å². The van der Waals surface area contributed by atoms with Crippen LogP contribution in [0.4, 0.5) is 5.95 Å². The summed E-state index contributed by atoms with van der Waals surface area (Å²) >= 11 is 1.47. The molecule has 15 heavy (non-hydrogen) atoms. The molecule has 0 atom stereocenters. The van der Waals surface area contributed by atoms with Crippen LogP contribution in [0.25, 0.3) is 0 Å². The van der Waals surface area contributed by atoms with E-state index in [9.17, 15) is 0 Å². The first-order valence-corrected chi connectivity index (χ1v) is 5.16. The molecule has 2 heterocycles. The Bertz CT molecular complexity index is 459. The number of nitrogens with zero attached hydrogens (tertiary/aromatic N) is 7. The molecule has 0 aliphatic carbocycles. The standard InChI is InChI=1S/C6H10N8S/c1-13-5(7)9-10-6(13)15-3-4-8-12-14(2)11-4/h3H2,1-2H3,(H2,7,9). The first-order valence-electron chi connectivity index (χ1n) is 4.17. The van der Waals surface area contributed by atoms with Crippen LogP contribution in [-0.2, 0) is 19.8 Å². The predicted octanol–water partition coefficient (Wildman–Crippen LogP) is -0.787. The van der Waals surface area contributed by atoms with Gasteiger partial charge in [-0.05, 0) is 5.21 Å². The maximum absolute atomic E-state index is 5.54. The SMILES string of the molecule is Cn1nnc(CSc2nnc(N)n2C)n1. The quantitative estimate of drug-likeness (QED) is 0.684. The second kappa shape index (κ2) is 3.85. The maximum Gasteiger partial charge on any atom is 0.222 e. The Morgan fingerprint density at radius 3 is 2.60 bits per heavy atom. The zero-order valence-electron chi connectivity index (χ0n) is 8.32. The average molecular weight is 226 g/mol. The van der Waals surface area contributed by atoms with Crippen molar-refractivity contribution in [2.24, 2.45) is 14.1 Å². The Labute approximate surface area is 89.9 Å². The second-order valence-electron chi connectivity index (χ2n) is 2.88. The van der Waals surface area contributed by atoms with Crippen LogP contribution >= 0.6 is 11.8 Å². The molecule has 0 radical (unpaired) electrons. The number of tetrazole rings is 1. The van der Waals surface area contributed by atoms with E-state index in [4.69, 9.17) is 5.73 Å². The van der Waals surface area contributed by atoms with Crippen molar-refractivity contribution in [2.45, 2.75) is 10.9 Å². The second-order valence-corrected chi connectivity index (χ2v) is 3.83. The highest BCUT2D eigenvalue weighted by Gasteiger charge is 2.08. The number of hydrogen-bond donors (Lipinski definition) is 1. The molecule has 0 saturated heterocycles. The molecule has 0 spiro atoms. The first kappa shape index (κ1) is 9.90. The van der Waals surface area contributed by atoms with Gasteiger partial charge < -0.3 is 5.73 Å². The van der Waals surface area contributed by atoms with Crippen molar-refractivity contribution < 1.29 is 0 Å². The van der Waals surface area contributed by atoms with Gasteiger partial charge in [0, 0.05) is 7.05 Å². The zero-order chi connectivity index (χ0) is 10.8. The molecule has 0 aliphatic rings. The number of nitrogens with two attached hydrogens (primary N) is 1. The Balaban J connectivity index is 2.02. The number of thioether (sulfide) groups is 1. The van der Waals surface area contributed by atoms with E-state index >= 15 is 0 Å². The van der Waals surface area contributed by atoms with E-state index in [-0.39, 0.29) is 0 Å². The molecular formula is C6H10N8S. The van der Waals surface area contributed by atoms with E-state index in [1.54, 1.807) is 11.6 Å². The van der Waals surface area contributed by atoms with E-state index < -0.39 is 0 Å². The lowest BCUT2D eigenvalue weighted by Crippen LogP contribution is -1.98. The monoisotopic (exact) mass is 226 g/mol. The molecule has 2 aromatic heterocycles. The molecule has 0 bridgehead atoms. The van der Waals surface area contributed by atoms with E-state index in [1.165, 1.54) is 16.6 Å². The maximum atomic E-state index is 5.54. The van der Waals surface area contributed by atoms with Gasteiger partial charge in [0.15, 0.2) is 11.0 Å².